The molecule has 1 aliphatic heterocycles. The third kappa shape index (κ3) is 0.816. The highest BCUT2D eigenvalue weighted by atomic mass is 35.5. The molecular formula is C10H15ClO2. The average molecular weight is 203 g/mol. The molecule has 0 spiro atoms. The van der Waals surface area contributed by atoms with Crippen LogP contribution in [0.4, 0.5) is 0 Å². The third-order valence-corrected chi connectivity index (χ3v) is 4.81. The van der Waals surface area contributed by atoms with Crippen LogP contribution >= 0.6 is 11.6 Å². The number of hydrogen-bond donors (Lipinski definition) is 0. The van der Waals surface area contributed by atoms with Crippen molar-refractivity contribution < 1.29 is 9.53 Å². The molecule has 13 heavy (non-hydrogen) atoms. The van der Waals surface area contributed by atoms with E-state index in [4.69, 9.17) is 16.3 Å². The van der Waals surface area contributed by atoms with Gasteiger partial charge in [-0.15, -0.1) is 0 Å². The molecule has 1 saturated heterocycles. The van der Waals surface area contributed by atoms with E-state index in [1.54, 1.807) is 0 Å². The summed E-state index contributed by atoms with van der Waals surface area (Å²) in [5.74, 6) is 0. The van der Waals surface area contributed by atoms with Gasteiger partial charge in [0.15, 0.2) is 0 Å². The third-order valence-electron chi connectivity index (χ3n) is 4.50. The fourth-order valence-electron chi connectivity index (χ4n) is 2.75. The Hall–Kier alpha value is -0.0800. The molecule has 74 valence electrons. The summed E-state index contributed by atoms with van der Waals surface area (Å²) >= 11 is 5.65. The largest absolute Gasteiger partial charge is 0.365 e. The number of rotatable bonds is 1. The van der Waals surface area contributed by atoms with E-state index in [-0.39, 0.29) is 16.1 Å². The molecule has 2 atom stereocenters. The first-order valence-corrected chi connectivity index (χ1v) is 5.07. The van der Waals surface area contributed by atoms with Gasteiger partial charge in [-0.05, 0) is 29.9 Å². The highest BCUT2D eigenvalue weighted by Gasteiger charge is 2.69. The van der Waals surface area contributed by atoms with E-state index in [0.29, 0.717) is 6.61 Å². The Labute approximate surface area is 83.6 Å². The molecule has 1 heterocycles. The predicted molar refractivity (Wildman–Crippen MR) is 50.7 cm³/mol. The lowest BCUT2D eigenvalue weighted by molar-refractivity contribution is -0.138. The second-order valence-corrected chi connectivity index (χ2v) is 5.42. The topological polar surface area (TPSA) is 26.3 Å². The zero-order valence-corrected chi connectivity index (χ0v) is 9.07. The number of fused-ring (bicyclic) bond motifs is 2. The molecule has 2 rings (SSSR count). The van der Waals surface area contributed by atoms with Crippen molar-refractivity contribution >= 4 is 16.8 Å². The van der Waals surface area contributed by atoms with E-state index in [0.717, 1.165) is 12.8 Å². The van der Waals surface area contributed by atoms with Crippen molar-refractivity contribution in [3.8, 4) is 0 Å². The van der Waals surface area contributed by atoms with Crippen LogP contribution in [0.5, 0.6) is 0 Å². The Morgan fingerprint density at radius 1 is 1.31 bits per heavy atom. The Bertz CT molecular complexity index is 262. The van der Waals surface area contributed by atoms with Gasteiger partial charge >= 0.3 is 0 Å². The second-order valence-electron chi connectivity index (χ2n) is 5.08. The molecule has 0 N–H and O–H groups in total. The van der Waals surface area contributed by atoms with Gasteiger partial charge < -0.3 is 4.74 Å². The number of carbonyl (C=O) groups is 1. The van der Waals surface area contributed by atoms with Crippen LogP contribution < -0.4 is 0 Å². The van der Waals surface area contributed by atoms with Crippen LogP contribution in [0.25, 0.3) is 0 Å². The van der Waals surface area contributed by atoms with Gasteiger partial charge in [0.05, 0.1) is 6.61 Å². The van der Waals surface area contributed by atoms with E-state index < -0.39 is 5.60 Å². The maximum absolute atomic E-state index is 11.4. The summed E-state index contributed by atoms with van der Waals surface area (Å²) in [5.41, 5.74) is -0.709. The Balaban J connectivity index is 2.50. The normalized spacial score (nSPS) is 46.8. The summed E-state index contributed by atoms with van der Waals surface area (Å²) in [4.78, 5) is 11.4. The standard InChI is InChI=1S/C10H15ClO2/c1-8(2)9(3)4-5-10(8,7(11)12)13-6-9/h4-6H2,1-3H3. The molecule has 2 nitrogen and oxygen atoms in total. The van der Waals surface area contributed by atoms with E-state index in [2.05, 4.69) is 20.8 Å². The smallest absolute Gasteiger partial charge is 0.254 e. The number of ether oxygens (including phenoxy) is 1. The van der Waals surface area contributed by atoms with Crippen LogP contribution in [0.15, 0.2) is 0 Å². The van der Waals surface area contributed by atoms with Gasteiger partial charge in [-0.3, -0.25) is 4.79 Å². The van der Waals surface area contributed by atoms with Gasteiger partial charge in [-0.2, -0.15) is 0 Å². The molecule has 0 amide bonds. The summed E-state index contributed by atoms with van der Waals surface area (Å²) in [5, 5.41) is -0.321. The fraction of sp³-hybridized carbons (Fsp3) is 0.900. The first-order chi connectivity index (χ1) is 5.86. The number of halogens is 1. The number of carbonyl (C=O) groups excluding carboxylic acids is 1. The Morgan fingerprint density at radius 3 is 2.08 bits per heavy atom. The lowest BCUT2D eigenvalue weighted by Crippen LogP contribution is -2.45. The van der Waals surface area contributed by atoms with Crippen LogP contribution in [0.2, 0.25) is 0 Å². The van der Waals surface area contributed by atoms with Crippen molar-refractivity contribution in [1.82, 2.24) is 0 Å². The minimum absolute atomic E-state index is 0.123. The monoisotopic (exact) mass is 202 g/mol. The fourth-order valence-corrected chi connectivity index (χ4v) is 3.14. The summed E-state index contributed by atoms with van der Waals surface area (Å²) in [6.07, 6.45) is 1.82. The lowest BCUT2D eigenvalue weighted by Gasteiger charge is -2.35. The minimum Gasteiger partial charge on any atom is -0.365 e. The maximum atomic E-state index is 11.4. The van der Waals surface area contributed by atoms with Gasteiger partial charge in [0.25, 0.3) is 5.24 Å². The molecule has 2 aliphatic rings. The predicted octanol–water partition coefficient (Wildman–Crippen LogP) is 2.35. The molecule has 1 saturated carbocycles. The van der Waals surface area contributed by atoms with Crippen molar-refractivity contribution in [2.24, 2.45) is 10.8 Å². The van der Waals surface area contributed by atoms with E-state index in [1.165, 1.54) is 0 Å². The molecule has 2 fully saturated rings. The van der Waals surface area contributed by atoms with Crippen LogP contribution in [0, 0.1) is 10.8 Å². The maximum Gasteiger partial charge on any atom is 0.254 e. The van der Waals surface area contributed by atoms with Crippen molar-refractivity contribution in [3.63, 3.8) is 0 Å². The molecule has 0 aromatic carbocycles. The SMILES string of the molecule is CC12CCC(C(=O)Cl)(OC1)C2(C)C. The van der Waals surface area contributed by atoms with Gasteiger partial charge in [0.1, 0.15) is 5.60 Å². The summed E-state index contributed by atoms with van der Waals surface area (Å²) in [7, 11) is 0. The first kappa shape index (κ1) is 9.47. The van der Waals surface area contributed by atoms with Gasteiger partial charge in [-0.25, -0.2) is 0 Å². The minimum atomic E-state index is -0.705. The van der Waals surface area contributed by atoms with Gasteiger partial charge in [0.2, 0.25) is 0 Å². The van der Waals surface area contributed by atoms with Crippen molar-refractivity contribution in [2.75, 3.05) is 6.61 Å². The van der Waals surface area contributed by atoms with Gasteiger partial charge in [0, 0.05) is 5.41 Å². The van der Waals surface area contributed by atoms with Crippen molar-refractivity contribution in [3.05, 3.63) is 0 Å². The van der Waals surface area contributed by atoms with Crippen LogP contribution in [0.3, 0.4) is 0 Å². The summed E-state index contributed by atoms with van der Waals surface area (Å²) < 4.78 is 5.64. The zero-order chi connectivity index (χ0) is 9.91. The van der Waals surface area contributed by atoms with Crippen molar-refractivity contribution in [1.29, 1.82) is 0 Å². The quantitative estimate of drug-likeness (QED) is 0.611. The van der Waals surface area contributed by atoms with E-state index in [1.807, 2.05) is 0 Å². The molecule has 3 heteroatoms. The zero-order valence-electron chi connectivity index (χ0n) is 8.32. The summed E-state index contributed by atoms with van der Waals surface area (Å²) in [6.45, 7) is 7.03. The molecular weight excluding hydrogens is 188 g/mol. The molecule has 1 aliphatic carbocycles. The Morgan fingerprint density at radius 2 is 1.92 bits per heavy atom. The molecule has 2 bridgehead atoms. The van der Waals surface area contributed by atoms with Crippen LogP contribution in [-0.4, -0.2) is 17.5 Å². The first-order valence-electron chi connectivity index (χ1n) is 4.70. The molecule has 2 unspecified atom stereocenters. The Kier molecular flexibility index (Phi) is 1.67. The molecule has 0 aromatic heterocycles. The van der Waals surface area contributed by atoms with Crippen LogP contribution in [0.1, 0.15) is 33.6 Å². The highest BCUT2D eigenvalue weighted by Crippen LogP contribution is 2.65. The molecule has 0 aromatic rings. The van der Waals surface area contributed by atoms with Crippen LogP contribution in [-0.2, 0) is 9.53 Å². The van der Waals surface area contributed by atoms with E-state index in [9.17, 15) is 4.79 Å². The van der Waals surface area contributed by atoms with E-state index >= 15 is 0 Å². The average Bonchev–Trinajstić information content (AvgIpc) is 2.34. The van der Waals surface area contributed by atoms with Crippen molar-refractivity contribution in [2.45, 2.75) is 39.2 Å². The lowest BCUT2D eigenvalue weighted by atomic mass is 9.67. The summed E-state index contributed by atoms with van der Waals surface area (Å²) in [6, 6.07) is 0. The highest BCUT2D eigenvalue weighted by molar-refractivity contribution is 6.65. The molecule has 0 radical (unpaired) electrons. The number of hydrogen-bond acceptors (Lipinski definition) is 2. The second kappa shape index (κ2) is 2.29. The van der Waals surface area contributed by atoms with Gasteiger partial charge in [-0.1, -0.05) is 20.8 Å².